The molecule has 0 fully saturated rings. The predicted octanol–water partition coefficient (Wildman–Crippen LogP) is 5.63. The van der Waals surface area contributed by atoms with E-state index in [0.717, 1.165) is 40.0 Å². The molecule has 1 amide bonds. The number of anilines is 1. The normalized spacial score (nSPS) is 11.0. The molecule has 30 heavy (non-hydrogen) atoms. The first-order valence-corrected chi connectivity index (χ1v) is 10.4. The molecule has 0 saturated heterocycles. The molecule has 0 aliphatic carbocycles. The molecule has 0 bridgehead atoms. The summed E-state index contributed by atoms with van der Waals surface area (Å²) in [6, 6.07) is 19.8. The van der Waals surface area contributed by atoms with Crippen LogP contribution in [0.25, 0.3) is 16.7 Å². The van der Waals surface area contributed by atoms with E-state index in [0.29, 0.717) is 5.56 Å². The van der Waals surface area contributed by atoms with Gasteiger partial charge in [-0.1, -0.05) is 43.2 Å². The van der Waals surface area contributed by atoms with Crippen molar-refractivity contribution in [3.63, 3.8) is 0 Å². The number of benzene rings is 3. The maximum absolute atomic E-state index is 12.6. The Balaban J connectivity index is 1.58. The van der Waals surface area contributed by atoms with Gasteiger partial charge >= 0.3 is 0 Å². The first kappa shape index (κ1) is 19.8. The highest BCUT2D eigenvalue weighted by atomic mass is 16.1. The number of fused-ring (bicyclic) bond motifs is 1. The fourth-order valence-electron chi connectivity index (χ4n) is 3.39. The number of carbonyl (C=O) groups is 1. The average molecular weight is 399 g/mol. The van der Waals surface area contributed by atoms with Crippen molar-refractivity contribution in [2.24, 2.45) is 0 Å². The zero-order chi connectivity index (χ0) is 21.1. The summed E-state index contributed by atoms with van der Waals surface area (Å²) in [5.74, 6) is -0.132. The Labute approximate surface area is 176 Å². The first-order chi connectivity index (χ1) is 14.5. The van der Waals surface area contributed by atoms with Crippen LogP contribution in [0.4, 0.5) is 5.69 Å². The van der Waals surface area contributed by atoms with E-state index in [1.165, 1.54) is 18.4 Å². The second kappa shape index (κ2) is 8.49. The van der Waals surface area contributed by atoms with Crippen molar-refractivity contribution in [2.75, 3.05) is 5.32 Å². The van der Waals surface area contributed by atoms with E-state index >= 15 is 0 Å². The van der Waals surface area contributed by atoms with E-state index < -0.39 is 0 Å². The summed E-state index contributed by atoms with van der Waals surface area (Å²) in [5, 5.41) is 12.2. The number of carbonyl (C=O) groups excluding carboxylic acids is 1. The van der Waals surface area contributed by atoms with Gasteiger partial charge in [0.25, 0.3) is 5.91 Å². The molecular weight excluding hydrogens is 372 g/mol. The summed E-state index contributed by atoms with van der Waals surface area (Å²) in [7, 11) is 0. The van der Waals surface area contributed by atoms with Crippen molar-refractivity contribution in [1.29, 1.82) is 0 Å². The molecule has 1 heterocycles. The summed E-state index contributed by atoms with van der Waals surface area (Å²) < 4.78 is 0. The van der Waals surface area contributed by atoms with Crippen LogP contribution in [0.1, 0.15) is 46.8 Å². The Morgan fingerprint density at radius 1 is 0.933 bits per heavy atom. The summed E-state index contributed by atoms with van der Waals surface area (Å²) in [4.78, 5) is 14.2. The fourth-order valence-corrected chi connectivity index (χ4v) is 3.39. The number of aromatic nitrogens is 3. The molecule has 3 aromatic carbocycles. The van der Waals surface area contributed by atoms with Crippen LogP contribution in [0.3, 0.4) is 0 Å². The summed E-state index contributed by atoms with van der Waals surface area (Å²) >= 11 is 0. The van der Waals surface area contributed by atoms with Crippen LogP contribution in [0.2, 0.25) is 0 Å². The van der Waals surface area contributed by atoms with Gasteiger partial charge in [-0.3, -0.25) is 4.79 Å². The SMILES string of the molecule is CCCCc1ccc(-n2nc3cc(C)c(NC(=O)c4ccc(C)cc4)cc3n2)cc1. The minimum atomic E-state index is -0.132. The molecule has 0 atom stereocenters. The van der Waals surface area contributed by atoms with Gasteiger partial charge in [0.15, 0.2) is 0 Å². The highest BCUT2D eigenvalue weighted by Crippen LogP contribution is 2.23. The second-order valence-electron chi connectivity index (χ2n) is 7.74. The number of hydrogen-bond acceptors (Lipinski definition) is 3. The Morgan fingerprint density at radius 3 is 2.27 bits per heavy atom. The number of amides is 1. The molecule has 152 valence electrons. The van der Waals surface area contributed by atoms with Gasteiger partial charge in [-0.2, -0.15) is 4.80 Å². The van der Waals surface area contributed by atoms with Crippen LogP contribution in [0, 0.1) is 13.8 Å². The largest absolute Gasteiger partial charge is 0.322 e. The molecule has 5 nitrogen and oxygen atoms in total. The Morgan fingerprint density at radius 2 is 1.60 bits per heavy atom. The standard InChI is InChI=1S/C25H26N4O/c1-4-5-6-19-9-13-21(14-10-19)29-27-23-15-18(3)22(16-24(23)28-29)26-25(30)20-11-7-17(2)8-12-20/h7-16H,4-6H2,1-3H3,(H,26,30). The van der Waals surface area contributed by atoms with Gasteiger partial charge < -0.3 is 5.32 Å². The lowest BCUT2D eigenvalue weighted by Crippen LogP contribution is -2.12. The van der Waals surface area contributed by atoms with E-state index in [9.17, 15) is 4.79 Å². The molecule has 0 aliphatic rings. The van der Waals surface area contributed by atoms with Gasteiger partial charge in [0.05, 0.1) is 5.69 Å². The number of aryl methyl sites for hydroxylation is 3. The molecule has 0 radical (unpaired) electrons. The van der Waals surface area contributed by atoms with Crippen LogP contribution >= 0.6 is 0 Å². The Hall–Kier alpha value is -3.47. The van der Waals surface area contributed by atoms with Gasteiger partial charge in [0.1, 0.15) is 11.0 Å². The third-order valence-electron chi connectivity index (χ3n) is 5.27. The highest BCUT2D eigenvalue weighted by molar-refractivity contribution is 6.05. The molecule has 5 heteroatoms. The quantitative estimate of drug-likeness (QED) is 0.458. The Kier molecular flexibility index (Phi) is 5.61. The molecule has 0 saturated carbocycles. The Bertz CT molecular complexity index is 1170. The fraction of sp³-hybridized carbons (Fsp3) is 0.240. The topological polar surface area (TPSA) is 59.8 Å². The van der Waals surface area contributed by atoms with Gasteiger partial charge in [-0.15, -0.1) is 10.2 Å². The third kappa shape index (κ3) is 4.25. The second-order valence-corrected chi connectivity index (χ2v) is 7.74. The zero-order valence-electron chi connectivity index (χ0n) is 17.6. The molecule has 0 aliphatic heterocycles. The van der Waals surface area contributed by atoms with Gasteiger partial charge in [-0.25, -0.2) is 0 Å². The number of hydrogen-bond donors (Lipinski definition) is 1. The summed E-state index contributed by atoms with van der Waals surface area (Å²) in [6.07, 6.45) is 3.48. The molecular formula is C25H26N4O. The predicted molar refractivity (Wildman–Crippen MR) is 121 cm³/mol. The lowest BCUT2D eigenvalue weighted by molar-refractivity contribution is 0.102. The maximum Gasteiger partial charge on any atom is 0.255 e. The molecule has 1 N–H and O–H groups in total. The van der Waals surface area contributed by atoms with Crippen LogP contribution < -0.4 is 5.32 Å². The van der Waals surface area contributed by atoms with Crippen molar-refractivity contribution in [1.82, 2.24) is 15.0 Å². The van der Waals surface area contributed by atoms with Crippen molar-refractivity contribution in [2.45, 2.75) is 40.0 Å². The van der Waals surface area contributed by atoms with E-state index in [1.54, 1.807) is 4.80 Å². The minimum Gasteiger partial charge on any atom is -0.322 e. The third-order valence-corrected chi connectivity index (χ3v) is 5.27. The number of nitrogens with one attached hydrogen (secondary N) is 1. The highest BCUT2D eigenvalue weighted by Gasteiger charge is 2.12. The van der Waals surface area contributed by atoms with E-state index in [1.807, 2.05) is 50.2 Å². The number of rotatable bonds is 6. The summed E-state index contributed by atoms with van der Waals surface area (Å²) in [5.41, 5.74) is 7.25. The number of unbranched alkanes of at least 4 members (excludes halogenated alkanes) is 1. The van der Waals surface area contributed by atoms with Gasteiger partial charge in [0, 0.05) is 11.3 Å². The van der Waals surface area contributed by atoms with Crippen molar-refractivity contribution >= 4 is 22.6 Å². The van der Waals surface area contributed by atoms with E-state index in [4.69, 9.17) is 0 Å². The zero-order valence-corrected chi connectivity index (χ0v) is 17.6. The molecule has 0 spiro atoms. The van der Waals surface area contributed by atoms with Crippen LogP contribution in [0.5, 0.6) is 0 Å². The van der Waals surface area contributed by atoms with Crippen molar-refractivity contribution < 1.29 is 4.79 Å². The number of nitrogens with zero attached hydrogens (tertiary/aromatic N) is 3. The molecule has 1 aromatic heterocycles. The van der Waals surface area contributed by atoms with Crippen LogP contribution in [0.15, 0.2) is 60.7 Å². The average Bonchev–Trinajstić information content (AvgIpc) is 3.16. The van der Waals surface area contributed by atoms with Crippen LogP contribution in [-0.2, 0) is 6.42 Å². The van der Waals surface area contributed by atoms with Gasteiger partial charge in [0.2, 0.25) is 0 Å². The van der Waals surface area contributed by atoms with E-state index in [-0.39, 0.29) is 5.91 Å². The molecule has 4 rings (SSSR count). The summed E-state index contributed by atoms with van der Waals surface area (Å²) in [6.45, 7) is 6.17. The smallest absolute Gasteiger partial charge is 0.255 e. The first-order valence-electron chi connectivity index (χ1n) is 10.4. The minimum absolute atomic E-state index is 0.132. The van der Waals surface area contributed by atoms with Crippen LogP contribution in [-0.4, -0.2) is 20.9 Å². The monoisotopic (exact) mass is 398 g/mol. The lowest BCUT2D eigenvalue weighted by atomic mass is 10.1. The van der Waals surface area contributed by atoms with Crippen molar-refractivity contribution in [3.8, 4) is 5.69 Å². The van der Waals surface area contributed by atoms with E-state index in [2.05, 4.69) is 46.7 Å². The maximum atomic E-state index is 12.6. The van der Waals surface area contributed by atoms with Crippen molar-refractivity contribution in [3.05, 3.63) is 82.9 Å². The lowest BCUT2D eigenvalue weighted by Gasteiger charge is -2.08. The molecule has 0 unspecified atom stereocenters. The molecule has 4 aromatic rings. The van der Waals surface area contributed by atoms with Gasteiger partial charge in [-0.05, 0) is 74.2 Å².